The van der Waals surface area contributed by atoms with Crippen LogP contribution in [0, 0.1) is 6.92 Å². The Bertz CT molecular complexity index is 1180. The summed E-state index contributed by atoms with van der Waals surface area (Å²) < 4.78 is 7.80. The summed E-state index contributed by atoms with van der Waals surface area (Å²) in [5.74, 6) is 1.45. The number of hydrogen-bond donors (Lipinski definition) is 1. The van der Waals surface area contributed by atoms with Crippen molar-refractivity contribution in [1.29, 1.82) is 0 Å². The fourth-order valence-corrected chi connectivity index (χ4v) is 3.86. The number of carbonyl (C=O) groups excluding carboxylic acids is 1. The molecule has 1 amide bonds. The SMILES string of the molecule is Cc1ccc(-n2c(COc3ccccc3)nnc2SCC(=O)Nc2ccc(Cl)cc2)cc1. The lowest BCUT2D eigenvalue weighted by atomic mass is 10.2. The maximum Gasteiger partial charge on any atom is 0.234 e. The largest absolute Gasteiger partial charge is 0.486 e. The Morgan fingerprint density at radius 2 is 1.72 bits per heavy atom. The van der Waals surface area contributed by atoms with E-state index in [-0.39, 0.29) is 18.3 Å². The normalized spacial score (nSPS) is 10.7. The lowest BCUT2D eigenvalue weighted by Gasteiger charge is -2.11. The number of thioether (sulfide) groups is 1. The average molecular weight is 465 g/mol. The van der Waals surface area contributed by atoms with Crippen LogP contribution in [-0.4, -0.2) is 26.4 Å². The molecule has 1 N–H and O–H groups in total. The molecule has 1 aromatic heterocycles. The number of carbonyl (C=O) groups is 1. The highest BCUT2D eigenvalue weighted by atomic mass is 35.5. The van der Waals surface area contributed by atoms with Gasteiger partial charge in [-0.15, -0.1) is 10.2 Å². The molecule has 0 radical (unpaired) electrons. The first-order valence-corrected chi connectivity index (χ1v) is 11.3. The van der Waals surface area contributed by atoms with Gasteiger partial charge in [0.2, 0.25) is 5.91 Å². The first-order chi connectivity index (χ1) is 15.6. The number of halogens is 1. The molecule has 0 aliphatic carbocycles. The van der Waals surface area contributed by atoms with Crippen molar-refractivity contribution in [3.05, 3.63) is 95.3 Å². The summed E-state index contributed by atoms with van der Waals surface area (Å²) >= 11 is 7.21. The van der Waals surface area contributed by atoms with Crippen LogP contribution in [0.25, 0.3) is 5.69 Å². The van der Waals surface area contributed by atoms with Gasteiger partial charge < -0.3 is 10.1 Å². The number of nitrogens with one attached hydrogen (secondary N) is 1. The Morgan fingerprint density at radius 3 is 2.44 bits per heavy atom. The Morgan fingerprint density at radius 1 is 1.00 bits per heavy atom. The minimum atomic E-state index is -0.141. The van der Waals surface area contributed by atoms with Gasteiger partial charge in [0.05, 0.1) is 5.75 Å². The van der Waals surface area contributed by atoms with Crippen molar-refractivity contribution in [2.24, 2.45) is 0 Å². The fraction of sp³-hybridized carbons (Fsp3) is 0.125. The highest BCUT2D eigenvalue weighted by Gasteiger charge is 2.16. The summed E-state index contributed by atoms with van der Waals surface area (Å²) in [5, 5.41) is 12.7. The second-order valence-electron chi connectivity index (χ2n) is 7.02. The van der Waals surface area contributed by atoms with Gasteiger partial charge in [-0.05, 0) is 55.5 Å². The fourth-order valence-electron chi connectivity index (χ4n) is 2.97. The second-order valence-corrected chi connectivity index (χ2v) is 8.39. The smallest absolute Gasteiger partial charge is 0.234 e. The molecule has 0 spiro atoms. The molecular weight excluding hydrogens is 444 g/mol. The number of para-hydroxylation sites is 1. The van der Waals surface area contributed by atoms with Crippen LogP contribution in [0.1, 0.15) is 11.4 Å². The second kappa shape index (κ2) is 10.3. The van der Waals surface area contributed by atoms with Crippen molar-refractivity contribution in [2.75, 3.05) is 11.1 Å². The van der Waals surface area contributed by atoms with Crippen molar-refractivity contribution < 1.29 is 9.53 Å². The quantitative estimate of drug-likeness (QED) is 0.347. The third-order valence-corrected chi connectivity index (χ3v) is 5.74. The Labute approximate surface area is 195 Å². The minimum absolute atomic E-state index is 0.141. The zero-order valence-corrected chi connectivity index (χ0v) is 18.9. The summed E-state index contributed by atoms with van der Waals surface area (Å²) in [5.41, 5.74) is 2.75. The number of nitrogens with zero attached hydrogens (tertiary/aromatic N) is 3. The topological polar surface area (TPSA) is 69.0 Å². The zero-order valence-electron chi connectivity index (χ0n) is 17.4. The van der Waals surface area contributed by atoms with E-state index < -0.39 is 0 Å². The highest BCUT2D eigenvalue weighted by Crippen LogP contribution is 2.24. The number of aromatic nitrogens is 3. The first-order valence-electron chi connectivity index (χ1n) is 9.96. The van der Waals surface area contributed by atoms with Crippen LogP contribution in [0.5, 0.6) is 5.75 Å². The Balaban J connectivity index is 1.50. The van der Waals surface area contributed by atoms with Crippen LogP contribution in [-0.2, 0) is 11.4 Å². The van der Waals surface area contributed by atoms with Gasteiger partial charge >= 0.3 is 0 Å². The van der Waals surface area contributed by atoms with E-state index in [1.54, 1.807) is 24.3 Å². The monoisotopic (exact) mass is 464 g/mol. The van der Waals surface area contributed by atoms with E-state index in [9.17, 15) is 4.79 Å². The number of benzene rings is 3. The van der Waals surface area contributed by atoms with Crippen LogP contribution in [0.3, 0.4) is 0 Å². The molecule has 0 atom stereocenters. The Kier molecular flexibility index (Phi) is 7.09. The molecule has 0 saturated carbocycles. The predicted molar refractivity (Wildman–Crippen MR) is 128 cm³/mol. The van der Waals surface area contributed by atoms with E-state index in [1.165, 1.54) is 11.8 Å². The van der Waals surface area contributed by atoms with Gasteiger partial charge in [-0.3, -0.25) is 9.36 Å². The van der Waals surface area contributed by atoms with E-state index in [1.807, 2.05) is 66.1 Å². The molecule has 0 bridgehead atoms. The standard InChI is InChI=1S/C24H21ClN4O2S/c1-17-7-13-20(14-8-17)29-22(15-31-21-5-3-2-4-6-21)27-28-24(29)32-16-23(30)26-19-11-9-18(25)10-12-19/h2-14H,15-16H2,1H3,(H,26,30). The number of hydrogen-bond acceptors (Lipinski definition) is 5. The summed E-state index contributed by atoms with van der Waals surface area (Å²) in [6.07, 6.45) is 0. The number of amides is 1. The van der Waals surface area contributed by atoms with Crippen molar-refractivity contribution in [3.8, 4) is 11.4 Å². The summed E-state index contributed by atoms with van der Waals surface area (Å²) in [7, 11) is 0. The molecule has 8 heteroatoms. The zero-order chi connectivity index (χ0) is 22.3. The molecule has 32 heavy (non-hydrogen) atoms. The van der Waals surface area contributed by atoms with Gasteiger partial charge in [0.1, 0.15) is 12.4 Å². The molecule has 162 valence electrons. The summed E-state index contributed by atoms with van der Waals surface area (Å²) in [4.78, 5) is 12.4. The molecule has 4 rings (SSSR count). The highest BCUT2D eigenvalue weighted by molar-refractivity contribution is 7.99. The van der Waals surface area contributed by atoms with E-state index in [4.69, 9.17) is 16.3 Å². The van der Waals surface area contributed by atoms with Gasteiger partial charge in [0.25, 0.3) is 0 Å². The van der Waals surface area contributed by atoms with Crippen LogP contribution >= 0.6 is 23.4 Å². The molecule has 3 aromatic carbocycles. The maximum atomic E-state index is 12.4. The van der Waals surface area contributed by atoms with Crippen molar-refractivity contribution in [2.45, 2.75) is 18.7 Å². The number of aryl methyl sites for hydroxylation is 1. The summed E-state index contributed by atoms with van der Waals surface area (Å²) in [6, 6.07) is 24.6. The predicted octanol–water partition coefficient (Wildman–Crippen LogP) is 5.54. The molecule has 6 nitrogen and oxygen atoms in total. The van der Waals surface area contributed by atoms with E-state index in [2.05, 4.69) is 15.5 Å². The first kappa shape index (κ1) is 21.9. The molecule has 0 aliphatic rings. The number of rotatable bonds is 8. The van der Waals surface area contributed by atoms with E-state index >= 15 is 0 Å². The van der Waals surface area contributed by atoms with Gasteiger partial charge in [0.15, 0.2) is 11.0 Å². The van der Waals surface area contributed by atoms with Gasteiger partial charge in [0, 0.05) is 16.4 Å². The molecule has 1 heterocycles. The van der Waals surface area contributed by atoms with Crippen molar-refractivity contribution in [1.82, 2.24) is 14.8 Å². The molecule has 0 unspecified atom stereocenters. The van der Waals surface area contributed by atoms with Gasteiger partial charge in [-0.25, -0.2) is 0 Å². The lowest BCUT2D eigenvalue weighted by molar-refractivity contribution is -0.113. The maximum absolute atomic E-state index is 12.4. The van der Waals surface area contributed by atoms with Crippen LogP contribution < -0.4 is 10.1 Å². The molecule has 0 saturated heterocycles. The summed E-state index contributed by atoms with van der Waals surface area (Å²) in [6.45, 7) is 2.29. The van der Waals surface area contributed by atoms with Crippen molar-refractivity contribution in [3.63, 3.8) is 0 Å². The van der Waals surface area contributed by atoms with E-state index in [0.29, 0.717) is 21.7 Å². The molecule has 0 fully saturated rings. The van der Waals surface area contributed by atoms with Crippen LogP contribution in [0.4, 0.5) is 5.69 Å². The lowest BCUT2D eigenvalue weighted by Crippen LogP contribution is -2.14. The van der Waals surface area contributed by atoms with E-state index in [0.717, 1.165) is 17.0 Å². The molecule has 0 aliphatic heterocycles. The third kappa shape index (κ3) is 5.69. The van der Waals surface area contributed by atoms with Crippen molar-refractivity contribution >= 4 is 35.0 Å². The van der Waals surface area contributed by atoms with Crippen LogP contribution in [0.15, 0.2) is 84.0 Å². The number of ether oxygens (including phenoxy) is 1. The average Bonchev–Trinajstić information content (AvgIpc) is 3.22. The number of anilines is 1. The van der Waals surface area contributed by atoms with Gasteiger partial charge in [-0.1, -0.05) is 59.3 Å². The molecule has 4 aromatic rings. The Hall–Kier alpha value is -3.29. The van der Waals surface area contributed by atoms with Crippen LogP contribution in [0.2, 0.25) is 5.02 Å². The minimum Gasteiger partial charge on any atom is -0.486 e. The molecular formula is C24H21ClN4O2S. The third-order valence-electron chi connectivity index (χ3n) is 4.56. The van der Waals surface area contributed by atoms with Gasteiger partial charge in [-0.2, -0.15) is 0 Å².